The average Bonchev–Trinajstić information content (AvgIpc) is 3.10. The SMILES string of the molecule is CCCCCCCCCCCCCCCCCc1ccc[nH]1.CS(=O)(=O)[O-]. The van der Waals surface area contributed by atoms with Crippen molar-refractivity contribution in [3.63, 3.8) is 0 Å². The van der Waals surface area contributed by atoms with E-state index in [2.05, 4.69) is 24.0 Å². The van der Waals surface area contributed by atoms with Crippen molar-refractivity contribution < 1.29 is 13.0 Å². The molecule has 0 saturated heterocycles. The highest BCUT2D eigenvalue weighted by atomic mass is 32.2. The number of hydrogen-bond donors (Lipinski definition) is 1. The molecular weight excluding hydrogens is 358 g/mol. The second-order valence-corrected chi connectivity index (χ2v) is 9.01. The zero-order valence-corrected chi connectivity index (χ0v) is 18.5. The molecule has 5 heteroatoms. The summed E-state index contributed by atoms with van der Waals surface area (Å²) in [5.41, 5.74) is 1.40. The Morgan fingerprint density at radius 2 is 1.15 bits per heavy atom. The van der Waals surface area contributed by atoms with Crippen molar-refractivity contribution >= 4 is 10.1 Å². The lowest BCUT2D eigenvalue weighted by Crippen LogP contribution is -1.88. The summed E-state index contributed by atoms with van der Waals surface area (Å²) in [6.07, 6.45) is 25.5. The van der Waals surface area contributed by atoms with Gasteiger partial charge < -0.3 is 9.54 Å². The van der Waals surface area contributed by atoms with Crippen LogP contribution in [0.3, 0.4) is 0 Å². The highest BCUT2D eigenvalue weighted by molar-refractivity contribution is 7.84. The summed E-state index contributed by atoms with van der Waals surface area (Å²) in [6.45, 7) is 2.29. The van der Waals surface area contributed by atoms with E-state index in [-0.39, 0.29) is 0 Å². The number of aromatic amines is 1. The molecule has 0 spiro atoms. The van der Waals surface area contributed by atoms with Gasteiger partial charge in [-0.15, -0.1) is 0 Å². The maximum atomic E-state index is 9.08. The Morgan fingerprint density at radius 3 is 1.48 bits per heavy atom. The molecule has 0 unspecified atom stereocenters. The molecule has 1 heterocycles. The molecule has 0 saturated carbocycles. The van der Waals surface area contributed by atoms with Gasteiger partial charge in [-0.3, -0.25) is 0 Å². The first-order valence-corrected chi connectivity index (χ1v) is 12.8. The van der Waals surface area contributed by atoms with E-state index in [1.807, 2.05) is 6.20 Å². The lowest BCUT2D eigenvalue weighted by Gasteiger charge is -2.03. The molecule has 1 rings (SSSR count). The molecular formula is C22H42NO3S-. The van der Waals surface area contributed by atoms with E-state index in [1.54, 1.807) is 0 Å². The Kier molecular flexibility index (Phi) is 18.0. The predicted molar refractivity (Wildman–Crippen MR) is 115 cm³/mol. The number of rotatable bonds is 16. The first kappa shape index (κ1) is 26.2. The third-order valence-corrected chi connectivity index (χ3v) is 4.71. The van der Waals surface area contributed by atoms with Gasteiger partial charge in [-0.1, -0.05) is 96.8 Å². The quantitative estimate of drug-likeness (QED) is 0.251. The fourth-order valence-corrected chi connectivity index (χ4v) is 3.21. The zero-order chi connectivity index (χ0) is 20.2. The summed E-state index contributed by atoms with van der Waals surface area (Å²) in [7, 11) is -3.92. The van der Waals surface area contributed by atoms with Crippen LogP contribution in [0.1, 0.15) is 109 Å². The van der Waals surface area contributed by atoms with Crippen molar-refractivity contribution in [2.75, 3.05) is 6.26 Å². The largest absolute Gasteiger partial charge is 0.748 e. The molecule has 0 aliphatic carbocycles. The van der Waals surface area contributed by atoms with Crippen molar-refractivity contribution in [3.8, 4) is 0 Å². The average molecular weight is 401 g/mol. The predicted octanol–water partition coefficient (Wildman–Crippen LogP) is 6.59. The lowest BCUT2D eigenvalue weighted by molar-refractivity contribution is 0.470. The Morgan fingerprint density at radius 1 is 0.778 bits per heavy atom. The smallest absolute Gasteiger partial charge is 0.0916 e. The van der Waals surface area contributed by atoms with Gasteiger partial charge in [0.1, 0.15) is 0 Å². The van der Waals surface area contributed by atoms with Gasteiger partial charge >= 0.3 is 0 Å². The van der Waals surface area contributed by atoms with Crippen LogP contribution >= 0.6 is 0 Å². The van der Waals surface area contributed by atoms with Gasteiger partial charge in [0, 0.05) is 18.1 Å². The molecule has 27 heavy (non-hydrogen) atoms. The standard InChI is InChI=1S/C21H39N.CH4O3S/c1-2-3-4-5-6-7-8-9-10-11-12-13-14-15-16-18-21-19-17-20-22-21;1-5(2,3)4/h17,19-20,22H,2-16,18H2,1H3;1H3,(H,2,3,4)/p-1. The normalized spacial score (nSPS) is 11.2. The summed E-state index contributed by atoms with van der Waals surface area (Å²) >= 11 is 0. The van der Waals surface area contributed by atoms with Crippen LogP contribution in [-0.4, -0.2) is 24.2 Å². The topological polar surface area (TPSA) is 73.0 Å². The summed E-state index contributed by atoms with van der Waals surface area (Å²) in [5.74, 6) is 0. The number of H-pyrrole nitrogens is 1. The van der Waals surface area contributed by atoms with E-state index in [4.69, 9.17) is 13.0 Å². The fourth-order valence-electron chi connectivity index (χ4n) is 3.21. The molecule has 0 aromatic carbocycles. The lowest BCUT2D eigenvalue weighted by atomic mass is 10.0. The first-order chi connectivity index (χ1) is 12.9. The number of aromatic nitrogens is 1. The minimum atomic E-state index is -3.92. The van der Waals surface area contributed by atoms with Gasteiger partial charge in [0.2, 0.25) is 0 Å². The highest BCUT2D eigenvalue weighted by Gasteiger charge is 1.95. The van der Waals surface area contributed by atoms with Crippen LogP contribution in [-0.2, 0) is 16.5 Å². The van der Waals surface area contributed by atoms with Crippen LogP contribution in [0.5, 0.6) is 0 Å². The summed E-state index contributed by atoms with van der Waals surface area (Å²) in [6, 6.07) is 4.30. The summed E-state index contributed by atoms with van der Waals surface area (Å²) < 4.78 is 27.2. The van der Waals surface area contributed by atoms with Crippen LogP contribution in [0.4, 0.5) is 0 Å². The molecule has 160 valence electrons. The second-order valence-electron chi connectivity index (χ2n) is 7.60. The van der Waals surface area contributed by atoms with E-state index < -0.39 is 10.1 Å². The van der Waals surface area contributed by atoms with E-state index in [0.29, 0.717) is 6.26 Å². The Balaban J connectivity index is 0.00000119. The Bertz CT molecular complexity index is 490. The molecule has 1 N–H and O–H groups in total. The third kappa shape index (κ3) is 25.2. The van der Waals surface area contributed by atoms with Gasteiger partial charge in [0.15, 0.2) is 0 Å². The monoisotopic (exact) mass is 400 g/mol. The minimum absolute atomic E-state index is 0.604. The van der Waals surface area contributed by atoms with Crippen LogP contribution < -0.4 is 0 Å². The van der Waals surface area contributed by atoms with Crippen molar-refractivity contribution in [2.24, 2.45) is 0 Å². The molecule has 0 radical (unpaired) electrons. The summed E-state index contributed by atoms with van der Waals surface area (Å²) in [4.78, 5) is 3.29. The number of nitrogens with one attached hydrogen (secondary N) is 1. The van der Waals surface area contributed by atoms with E-state index in [9.17, 15) is 0 Å². The molecule has 0 aliphatic heterocycles. The molecule has 0 atom stereocenters. The van der Waals surface area contributed by atoms with Crippen LogP contribution in [0.2, 0.25) is 0 Å². The molecule has 4 nitrogen and oxygen atoms in total. The minimum Gasteiger partial charge on any atom is -0.748 e. The van der Waals surface area contributed by atoms with Gasteiger partial charge in [0.05, 0.1) is 10.1 Å². The van der Waals surface area contributed by atoms with Gasteiger partial charge in [-0.2, -0.15) is 0 Å². The highest BCUT2D eigenvalue weighted by Crippen LogP contribution is 2.13. The van der Waals surface area contributed by atoms with Crippen LogP contribution in [0.25, 0.3) is 0 Å². The second kappa shape index (κ2) is 18.5. The molecule has 0 aliphatic rings. The van der Waals surface area contributed by atoms with E-state index in [1.165, 1.54) is 108 Å². The summed E-state index contributed by atoms with van der Waals surface area (Å²) in [5, 5.41) is 0. The van der Waals surface area contributed by atoms with E-state index >= 15 is 0 Å². The Labute approximate surface area is 168 Å². The van der Waals surface area contributed by atoms with E-state index in [0.717, 1.165) is 0 Å². The number of aryl methyl sites for hydroxylation is 1. The molecule has 0 fully saturated rings. The first-order valence-electron chi connectivity index (χ1n) is 11.0. The van der Waals surface area contributed by atoms with Crippen molar-refractivity contribution in [2.45, 2.75) is 110 Å². The van der Waals surface area contributed by atoms with Crippen molar-refractivity contribution in [3.05, 3.63) is 24.0 Å². The van der Waals surface area contributed by atoms with Crippen LogP contribution in [0.15, 0.2) is 18.3 Å². The number of unbranched alkanes of at least 4 members (excludes halogenated alkanes) is 14. The molecule has 1 aromatic heterocycles. The number of hydrogen-bond acceptors (Lipinski definition) is 3. The van der Waals surface area contributed by atoms with Gasteiger partial charge in [-0.05, 0) is 25.0 Å². The van der Waals surface area contributed by atoms with Gasteiger partial charge in [0.25, 0.3) is 0 Å². The van der Waals surface area contributed by atoms with Crippen molar-refractivity contribution in [1.82, 2.24) is 4.98 Å². The maximum absolute atomic E-state index is 9.08. The Hall–Kier alpha value is -0.810. The third-order valence-electron chi connectivity index (χ3n) is 4.71. The fraction of sp³-hybridized carbons (Fsp3) is 0.818. The molecule has 1 aromatic rings. The van der Waals surface area contributed by atoms with Crippen molar-refractivity contribution in [1.29, 1.82) is 0 Å². The molecule has 0 amide bonds. The molecule has 0 bridgehead atoms. The maximum Gasteiger partial charge on any atom is 0.0916 e. The zero-order valence-electron chi connectivity index (χ0n) is 17.7. The van der Waals surface area contributed by atoms with Gasteiger partial charge in [-0.25, -0.2) is 8.42 Å². The van der Waals surface area contributed by atoms with Crippen LogP contribution in [0, 0.1) is 0 Å².